The van der Waals surface area contributed by atoms with E-state index in [1.54, 1.807) is 0 Å². The molecule has 1 aliphatic rings. The normalized spacial score (nSPS) is 15.0. The molecule has 2 heterocycles. The van der Waals surface area contributed by atoms with Crippen molar-refractivity contribution in [3.63, 3.8) is 0 Å². The minimum absolute atomic E-state index is 0.0506. The lowest BCUT2D eigenvalue weighted by atomic mass is 10.1. The first-order valence-corrected chi connectivity index (χ1v) is 11.4. The fourth-order valence-electron chi connectivity index (χ4n) is 3.38. The van der Waals surface area contributed by atoms with E-state index in [1.807, 2.05) is 0 Å². The fourth-order valence-corrected chi connectivity index (χ4v) is 4.89. The maximum absolute atomic E-state index is 12.9. The van der Waals surface area contributed by atoms with Crippen molar-refractivity contribution in [1.82, 2.24) is 24.5 Å². The third-order valence-electron chi connectivity index (χ3n) is 5.03. The number of nitrogens with zero attached hydrogens (tertiary/aromatic N) is 5. The number of nitrogens with one attached hydrogen (secondary N) is 1. The number of tetrazole rings is 1. The Kier molecular flexibility index (Phi) is 6.17. The number of amides is 1. The van der Waals surface area contributed by atoms with E-state index in [-0.39, 0.29) is 22.8 Å². The third-order valence-corrected chi connectivity index (χ3v) is 6.94. The summed E-state index contributed by atoms with van der Waals surface area (Å²) in [4.78, 5) is 13.4. The summed E-state index contributed by atoms with van der Waals surface area (Å²) in [6, 6.07) is 10.3. The summed E-state index contributed by atoms with van der Waals surface area (Å²) >= 11 is 0. The average molecular weight is 480 g/mol. The van der Waals surface area contributed by atoms with Crippen LogP contribution in [0.5, 0.6) is 0 Å². The molecule has 2 aromatic carbocycles. The van der Waals surface area contributed by atoms with Crippen molar-refractivity contribution >= 4 is 21.6 Å². The number of alkyl halides is 3. The highest BCUT2D eigenvalue weighted by atomic mass is 32.2. The maximum Gasteiger partial charge on any atom is 0.416 e. The first-order chi connectivity index (χ1) is 15.6. The monoisotopic (exact) mass is 480 g/mol. The zero-order chi connectivity index (χ0) is 23.6. The SMILES string of the molecule is O=C(Cn1nnc(-c2cccc(C(F)(F)F)c2)n1)Nc1ccc(S(=O)(=O)N2CCCC2)cc1. The maximum atomic E-state index is 12.9. The Balaban J connectivity index is 1.39. The Bertz CT molecular complexity index is 1250. The summed E-state index contributed by atoms with van der Waals surface area (Å²) in [7, 11) is -3.55. The van der Waals surface area contributed by atoms with Crippen LogP contribution in [0.3, 0.4) is 0 Å². The number of halogens is 3. The molecule has 0 bridgehead atoms. The van der Waals surface area contributed by atoms with Crippen molar-refractivity contribution in [2.45, 2.75) is 30.5 Å². The molecule has 9 nitrogen and oxygen atoms in total. The van der Waals surface area contributed by atoms with Gasteiger partial charge in [0.25, 0.3) is 0 Å². The number of anilines is 1. The van der Waals surface area contributed by atoms with E-state index < -0.39 is 27.7 Å². The summed E-state index contributed by atoms with van der Waals surface area (Å²) in [6.45, 7) is 0.655. The highest BCUT2D eigenvalue weighted by molar-refractivity contribution is 7.89. The average Bonchev–Trinajstić information content (AvgIpc) is 3.46. The Labute approximate surface area is 187 Å². The lowest BCUT2D eigenvalue weighted by molar-refractivity contribution is -0.137. The minimum Gasteiger partial charge on any atom is -0.324 e. The highest BCUT2D eigenvalue weighted by Gasteiger charge is 2.31. The van der Waals surface area contributed by atoms with Gasteiger partial charge in [0.2, 0.25) is 21.8 Å². The zero-order valence-corrected chi connectivity index (χ0v) is 18.0. The molecule has 0 radical (unpaired) electrons. The van der Waals surface area contributed by atoms with Crippen molar-refractivity contribution in [1.29, 1.82) is 0 Å². The van der Waals surface area contributed by atoms with Gasteiger partial charge in [-0.2, -0.15) is 22.3 Å². The van der Waals surface area contributed by atoms with E-state index in [1.165, 1.54) is 40.7 Å². The molecule has 0 unspecified atom stereocenters. The van der Waals surface area contributed by atoms with E-state index in [9.17, 15) is 26.4 Å². The quantitative estimate of drug-likeness (QED) is 0.581. The van der Waals surface area contributed by atoms with Gasteiger partial charge >= 0.3 is 6.18 Å². The van der Waals surface area contributed by atoms with Gasteiger partial charge < -0.3 is 5.32 Å². The van der Waals surface area contributed by atoms with Gasteiger partial charge in [-0.1, -0.05) is 12.1 Å². The molecule has 33 heavy (non-hydrogen) atoms. The van der Waals surface area contributed by atoms with Crippen LogP contribution in [0.4, 0.5) is 18.9 Å². The fraction of sp³-hybridized carbons (Fsp3) is 0.300. The first kappa shape index (κ1) is 22.9. The number of hydrogen-bond acceptors (Lipinski definition) is 6. The highest BCUT2D eigenvalue weighted by Crippen LogP contribution is 2.31. The van der Waals surface area contributed by atoms with Gasteiger partial charge in [0.1, 0.15) is 6.54 Å². The van der Waals surface area contributed by atoms with Crippen molar-refractivity contribution in [3.05, 3.63) is 54.1 Å². The molecule has 1 amide bonds. The molecule has 0 aliphatic carbocycles. The molecule has 0 saturated carbocycles. The molecule has 0 atom stereocenters. The number of carbonyl (C=O) groups excluding carboxylic acids is 1. The van der Waals surface area contributed by atoms with E-state index in [2.05, 4.69) is 20.7 Å². The van der Waals surface area contributed by atoms with E-state index >= 15 is 0 Å². The van der Waals surface area contributed by atoms with Crippen LogP contribution in [0.25, 0.3) is 11.4 Å². The second kappa shape index (κ2) is 8.90. The van der Waals surface area contributed by atoms with E-state index in [0.29, 0.717) is 18.8 Å². The van der Waals surface area contributed by atoms with Crippen LogP contribution >= 0.6 is 0 Å². The molecule has 1 aromatic heterocycles. The Morgan fingerprint density at radius 1 is 1.06 bits per heavy atom. The number of rotatable bonds is 6. The third kappa shape index (κ3) is 5.20. The molecule has 3 aromatic rings. The van der Waals surface area contributed by atoms with Gasteiger partial charge in [0.05, 0.1) is 10.5 Å². The second-order valence-corrected chi connectivity index (χ2v) is 9.34. The predicted octanol–water partition coefficient (Wildman–Crippen LogP) is 2.78. The summed E-state index contributed by atoms with van der Waals surface area (Å²) in [5, 5.41) is 14.0. The molecule has 0 spiro atoms. The standard InChI is InChI=1S/C20H19F3N6O3S/c21-20(22,23)15-5-3-4-14(12-15)19-25-27-29(26-19)13-18(30)24-16-6-8-17(9-7-16)33(31,32)28-10-1-2-11-28/h3-9,12H,1-2,10-11,13H2,(H,24,30). The van der Waals surface area contributed by atoms with Gasteiger partial charge in [-0.25, -0.2) is 8.42 Å². The summed E-state index contributed by atoms with van der Waals surface area (Å²) in [6.07, 6.45) is -2.84. The first-order valence-electron chi connectivity index (χ1n) is 9.98. The Morgan fingerprint density at radius 3 is 2.42 bits per heavy atom. The molecule has 1 N–H and O–H groups in total. The van der Waals surface area contributed by atoms with Gasteiger partial charge in [-0.15, -0.1) is 10.2 Å². The molecule has 174 valence electrons. The van der Waals surface area contributed by atoms with E-state index in [4.69, 9.17) is 0 Å². The van der Waals surface area contributed by atoms with Crippen molar-refractivity contribution in [2.75, 3.05) is 18.4 Å². The lowest BCUT2D eigenvalue weighted by Gasteiger charge is -2.15. The number of hydrogen-bond donors (Lipinski definition) is 1. The molecule has 1 saturated heterocycles. The largest absolute Gasteiger partial charge is 0.416 e. The van der Waals surface area contributed by atoms with Crippen molar-refractivity contribution in [3.8, 4) is 11.4 Å². The number of carbonyl (C=O) groups is 1. The second-order valence-electron chi connectivity index (χ2n) is 7.41. The van der Waals surface area contributed by atoms with E-state index in [0.717, 1.165) is 29.8 Å². The zero-order valence-electron chi connectivity index (χ0n) is 17.2. The molecule has 4 rings (SSSR count). The predicted molar refractivity (Wildman–Crippen MR) is 111 cm³/mol. The molecule has 13 heteroatoms. The number of sulfonamides is 1. The smallest absolute Gasteiger partial charge is 0.324 e. The van der Waals surface area contributed by atoms with Crippen LogP contribution in [-0.4, -0.2) is 51.9 Å². The van der Waals surface area contributed by atoms with Crippen LogP contribution in [0.2, 0.25) is 0 Å². The summed E-state index contributed by atoms with van der Waals surface area (Å²) < 4.78 is 65.2. The molecule has 1 fully saturated rings. The van der Waals surface area contributed by atoms with Crippen molar-refractivity contribution in [2.24, 2.45) is 0 Å². The minimum atomic E-state index is -4.50. The topological polar surface area (TPSA) is 110 Å². The molecule has 1 aliphatic heterocycles. The van der Waals surface area contributed by atoms with Crippen molar-refractivity contribution < 1.29 is 26.4 Å². The summed E-state index contributed by atoms with van der Waals surface area (Å²) in [5.74, 6) is -0.566. The van der Waals surface area contributed by atoms with Gasteiger partial charge in [0, 0.05) is 24.3 Å². The van der Waals surface area contributed by atoms with Gasteiger partial charge in [0.15, 0.2) is 0 Å². The van der Waals surface area contributed by atoms with Crippen LogP contribution in [-0.2, 0) is 27.5 Å². The lowest BCUT2D eigenvalue weighted by Crippen LogP contribution is -2.27. The Hall–Kier alpha value is -3.32. The van der Waals surface area contributed by atoms with Gasteiger partial charge in [-0.05, 0) is 54.5 Å². The van der Waals surface area contributed by atoms with Crippen LogP contribution in [0.15, 0.2) is 53.4 Å². The number of benzene rings is 2. The molecular weight excluding hydrogens is 461 g/mol. The van der Waals surface area contributed by atoms with Crippen LogP contribution in [0.1, 0.15) is 18.4 Å². The van der Waals surface area contributed by atoms with Crippen LogP contribution < -0.4 is 5.32 Å². The summed E-state index contributed by atoms with van der Waals surface area (Å²) in [5.41, 5.74) is -0.353. The van der Waals surface area contributed by atoms with Gasteiger partial charge in [-0.3, -0.25) is 4.79 Å². The number of aromatic nitrogens is 4. The van der Waals surface area contributed by atoms with Crippen LogP contribution in [0, 0.1) is 0 Å². The molecular formula is C20H19F3N6O3S. The Morgan fingerprint density at radius 2 is 1.76 bits per heavy atom.